The molecular weight excluding hydrogens is 370 g/mol. The van der Waals surface area contributed by atoms with Crippen LogP contribution in [0, 0.1) is 10.1 Å². The van der Waals surface area contributed by atoms with Gasteiger partial charge in [-0.1, -0.05) is 66.7 Å². The smallest absolute Gasteiger partial charge is 0.269 e. The zero-order valence-corrected chi connectivity index (χ0v) is 15.7. The molecule has 0 aromatic heterocycles. The quantitative estimate of drug-likeness (QED) is 0.385. The second-order valence-electron chi connectivity index (χ2n) is 6.56. The molecule has 4 rings (SSSR count). The molecule has 1 N–H and O–H groups in total. The van der Waals surface area contributed by atoms with Crippen molar-refractivity contribution in [1.82, 2.24) is 5.32 Å². The van der Waals surface area contributed by atoms with Crippen LogP contribution in [0.1, 0.15) is 23.6 Å². The number of aliphatic imine (C=N–C) groups is 1. The van der Waals surface area contributed by atoms with E-state index in [1.165, 1.54) is 6.07 Å². The minimum atomic E-state index is -0.387. The van der Waals surface area contributed by atoms with Crippen LogP contribution in [0.5, 0.6) is 0 Å². The molecule has 28 heavy (non-hydrogen) atoms. The summed E-state index contributed by atoms with van der Waals surface area (Å²) in [5, 5.41) is 14.6. The highest BCUT2D eigenvalue weighted by molar-refractivity contribution is 7.80. The van der Waals surface area contributed by atoms with Gasteiger partial charge in [0.15, 0.2) is 5.11 Å². The Morgan fingerprint density at radius 1 is 0.929 bits per heavy atom. The lowest BCUT2D eigenvalue weighted by Gasteiger charge is -2.25. The van der Waals surface area contributed by atoms with Gasteiger partial charge in [0.05, 0.1) is 16.7 Å². The molecule has 1 unspecified atom stereocenters. The summed E-state index contributed by atoms with van der Waals surface area (Å²) >= 11 is 5.31. The predicted octanol–water partition coefficient (Wildman–Crippen LogP) is 5.07. The molecule has 0 bridgehead atoms. The van der Waals surface area contributed by atoms with Gasteiger partial charge in [0, 0.05) is 18.6 Å². The summed E-state index contributed by atoms with van der Waals surface area (Å²) < 4.78 is 0. The van der Waals surface area contributed by atoms with E-state index in [1.807, 2.05) is 36.4 Å². The number of rotatable bonds is 4. The van der Waals surface area contributed by atoms with Gasteiger partial charge in [0.25, 0.3) is 5.69 Å². The van der Waals surface area contributed by atoms with Gasteiger partial charge in [0.2, 0.25) is 0 Å². The van der Waals surface area contributed by atoms with Crippen molar-refractivity contribution in [3.05, 3.63) is 100 Å². The number of non-ortho nitro benzene ring substituents is 1. The van der Waals surface area contributed by atoms with Crippen molar-refractivity contribution >= 4 is 28.7 Å². The maximum absolute atomic E-state index is 11.1. The van der Waals surface area contributed by atoms with Crippen molar-refractivity contribution in [2.24, 2.45) is 4.99 Å². The van der Waals surface area contributed by atoms with E-state index in [9.17, 15) is 10.1 Å². The summed E-state index contributed by atoms with van der Waals surface area (Å²) in [5.41, 5.74) is 5.06. The fourth-order valence-corrected chi connectivity index (χ4v) is 3.57. The van der Waals surface area contributed by atoms with Gasteiger partial charge in [-0.3, -0.25) is 10.1 Å². The lowest BCUT2D eigenvalue weighted by atomic mass is 9.94. The maximum atomic E-state index is 11.1. The van der Waals surface area contributed by atoms with Crippen LogP contribution >= 0.6 is 12.2 Å². The van der Waals surface area contributed by atoms with E-state index in [-0.39, 0.29) is 16.7 Å². The van der Waals surface area contributed by atoms with Crippen LogP contribution in [0.15, 0.2) is 83.9 Å². The first-order valence-corrected chi connectivity index (χ1v) is 9.29. The van der Waals surface area contributed by atoms with Gasteiger partial charge in [-0.05, 0) is 34.5 Å². The number of hydrogen-bond donors (Lipinski definition) is 1. The largest absolute Gasteiger partial charge is 0.354 e. The van der Waals surface area contributed by atoms with E-state index in [1.54, 1.807) is 12.1 Å². The van der Waals surface area contributed by atoms with Crippen molar-refractivity contribution < 1.29 is 4.92 Å². The molecule has 6 heteroatoms. The Hall–Kier alpha value is -3.38. The van der Waals surface area contributed by atoms with Gasteiger partial charge in [0.1, 0.15) is 0 Å². The highest BCUT2D eigenvalue weighted by atomic mass is 32.1. The second-order valence-corrected chi connectivity index (χ2v) is 6.95. The Labute approximate surface area is 167 Å². The molecule has 1 atom stereocenters. The van der Waals surface area contributed by atoms with Crippen molar-refractivity contribution in [3.8, 4) is 11.1 Å². The van der Waals surface area contributed by atoms with E-state index in [0.717, 1.165) is 28.0 Å². The second kappa shape index (κ2) is 7.70. The normalized spacial score (nSPS) is 16.2. The molecule has 5 nitrogen and oxygen atoms in total. The topological polar surface area (TPSA) is 67.5 Å². The zero-order valence-electron chi connectivity index (χ0n) is 14.9. The lowest BCUT2D eigenvalue weighted by molar-refractivity contribution is -0.384. The molecule has 138 valence electrons. The van der Waals surface area contributed by atoms with Crippen LogP contribution in [-0.4, -0.2) is 15.7 Å². The SMILES string of the molecule is O=[N+]([O-])c1cccc(C2CC(c3ccc(-c4ccccc4)cc3)=NC(=S)N2)c1. The number of nitrogens with zero attached hydrogens (tertiary/aromatic N) is 2. The van der Waals surface area contributed by atoms with Gasteiger partial charge in [-0.2, -0.15) is 0 Å². The van der Waals surface area contributed by atoms with Crippen molar-refractivity contribution in [3.63, 3.8) is 0 Å². The van der Waals surface area contributed by atoms with Crippen LogP contribution in [0.25, 0.3) is 11.1 Å². The molecular formula is C22H17N3O2S. The highest BCUT2D eigenvalue weighted by Gasteiger charge is 2.23. The van der Waals surface area contributed by atoms with Gasteiger partial charge in [-0.15, -0.1) is 0 Å². The maximum Gasteiger partial charge on any atom is 0.269 e. The summed E-state index contributed by atoms with van der Waals surface area (Å²) in [6, 6.07) is 24.9. The number of nitro benzene ring substituents is 1. The third-order valence-electron chi connectivity index (χ3n) is 4.74. The van der Waals surface area contributed by atoms with E-state index < -0.39 is 0 Å². The number of benzene rings is 3. The molecule has 1 aliphatic rings. The van der Waals surface area contributed by atoms with Gasteiger partial charge >= 0.3 is 0 Å². The average Bonchev–Trinajstić information content (AvgIpc) is 2.74. The van der Waals surface area contributed by atoms with E-state index in [4.69, 9.17) is 12.2 Å². The first kappa shape index (κ1) is 18.0. The van der Waals surface area contributed by atoms with Crippen LogP contribution in [-0.2, 0) is 0 Å². The fraction of sp³-hybridized carbons (Fsp3) is 0.0909. The van der Waals surface area contributed by atoms with Crippen LogP contribution in [0.4, 0.5) is 5.69 Å². The van der Waals surface area contributed by atoms with Crippen LogP contribution in [0.2, 0.25) is 0 Å². The summed E-state index contributed by atoms with van der Waals surface area (Å²) in [4.78, 5) is 15.2. The Morgan fingerprint density at radius 2 is 1.61 bits per heavy atom. The molecule has 0 spiro atoms. The number of nitro groups is 1. The standard InChI is InChI=1S/C22H17N3O2S/c26-25(27)19-8-4-7-18(13-19)21-14-20(23-22(28)24-21)17-11-9-16(10-12-17)15-5-2-1-3-6-15/h1-13,21H,14H2,(H,24,28). The van der Waals surface area contributed by atoms with Crippen LogP contribution in [0.3, 0.4) is 0 Å². The number of thiocarbonyl (C=S) groups is 1. The molecule has 0 radical (unpaired) electrons. The molecule has 0 amide bonds. The average molecular weight is 387 g/mol. The minimum absolute atomic E-state index is 0.0708. The molecule has 3 aromatic rings. The zero-order chi connectivity index (χ0) is 19.5. The number of hydrogen-bond acceptors (Lipinski definition) is 3. The first-order valence-electron chi connectivity index (χ1n) is 8.88. The molecule has 0 fully saturated rings. The van der Waals surface area contributed by atoms with E-state index in [2.05, 4.69) is 34.6 Å². The van der Waals surface area contributed by atoms with Crippen molar-refractivity contribution in [2.75, 3.05) is 0 Å². The van der Waals surface area contributed by atoms with E-state index >= 15 is 0 Å². The minimum Gasteiger partial charge on any atom is -0.354 e. The molecule has 1 aliphatic heterocycles. The number of nitrogens with one attached hydrogen (secondary N) is 1. The highest BCUT2D eigenvalue weighted by Crippen LogP contribution is 2.27. The molecule has 0 saturated heterocycles. The third-order valence-corrected chi connectivity index (χ3v) is 4.95. The Balaban J connectivity index is 1.59. The summed E-state index contributed by atoms with van der Waals surface area (Å²) in [5.74, 6) is 0. The fourth-order valence-electron chi connectivity index (χ4n) is 3.32. The lowest BCUT2D eigenvalue weighted by Crippen LogP contribution is -2.33. The van der Waals surface area contributed by atoms with E-state index in [0.29, 0.717) is 11.5 Å². The van der Waals surface area contributed by atoms with Crippen LogP contribution < -0.4 is 5.32 Å². The summed E-state index contributed by atoms with van der Waals surface area (Å²) in [6.45, 7) is 0. The Kier molecular flexibility index (Phi) is 4.95. The van der Waals surface area contributed by atoms with Gasteiger partial charge < -0.3 is 5.32 Å². The molecule has 1 heterocycles. The monoisotopic (exact) mass is 387 g/mol. The Morgan fingerprint density at radius 3 is 2.32 bits per heavy atom. The van der Waals surface area contributed by atoms with Crippen molar-refractivity contribution in [1.29, 1.82) is 0 Å². The first-order chi connectivity index (χ1) is 13.6. The molecule has 0 saturated carbocycles. The molecule has 3 aromatic carbocycles. The summed E-state index contributed by atoms with van der Waals surface area (Å²) in [7, 11) is 0. The van der Waals surface area contributed by atoms with Crippen molar-refractivity contribution in [2.45, 2.75) is 12.5 Å². The third kappa shape index (κ3) is 3.82. The Bertz CT molecular complexity index is 1060. The molecule has 0 aliphatic carbocycles. The summed E-state index contributed by atoms with van der Waals surface area (Å²) in [6.07, 6.45) is 0.603. The van der Waals surface area contributed by atoms with Gasteiger partial charge in [-0.25, -0.2) is 4.99 Å². The predicted molar refractivity (Wildman–Crippen MR) is 115 cm³/mol.